The number of pyridine rings is 1. The Morgan fingerprint density at radius 1 is 1.42 bits per heavy atom. The molecule has 4 rings (SSSR count). The second kappa shape index (κ2) is 6.98. The molecule has 130 valence electrons. The molecule has 7 nitrogen and oxygen atoms in total. The van der Waals surface area contributed by atoms with E-state index in [-0.39, 0.29) is 12.0 Å². The number of carbonyl (C=O) groups excluding carboxylic acids is 1. The van der Waals surface area contributed by atoms with Crippen LogP contribution in [0.2, 0.25) is 0 Å². The number of amides is 1. The van der Waals surface area contributed by atoms with E-state index in [0.29, 0.717) is 42.4 Å². The average Bonchev–Trinajstić information content (AvgIpc) is 3.41. The van der Waals surface area contributed by atoms with E-state index in [1.807, 2.05) is 17.5 Å². The van der Waals surface area contributed by atoms with Gasteiger partial charge in [-0.25, -0.2) is 4.98 Å². The SMILES string of the molecule is N#Cc1ccnc(OC2CCN(C(=O)c3cc(-c4cccs4)on3)C2)c1. The van der Waals surface area contributed by atoms with Gasteiger partial charge in [0.05, 0.1) is 23.1 Å². The van der Waals surface area contributed by atoms with Crippen molar-refractivity contribution >= 4 is 17.2 Å². The summed E-state index contributed by atoms with van der Waals surface area (Å²) in [5.41, 5.74) is 0.781. The van der Waals surface area contributed by atoms with E-state index in [9.17, 15) is 4.79 Å². The summed E-state index contributed by atoms with van der Waals surface area (Å²) in [5.74, 6) is 0.805. The van der Waals surface area contributed by atoms with Gasteiger partial charge in [-0.05, 0) is 17.5 Å². The Morgan fingerprint density at radius 3 is 3.15 bits per heavy atom. The number of likely N-dealkylation sites (tertiary alicyclic amines) is 1. The van der Waals surface area contributed by atoms with Crippen molar-refractivity contribution in [1.29, 1.82) is 5.26 Å². The first-order valence-electron chi connectivity index (χ1n) is 8.05. The topological polar surface area (TPSA) is 92.2 Å². The molecule has 1 fully saturated rings. The minimum atomic E-state index is -0.179. The van der Waals surface area contributed by atoms with Crippen LogP contribution < -0.4 is 4.74 Å². The maximum absolute atomic E-state index is 12.6. The van der Waals surface area contributed by atoms with Crippen LogP contribution in [-0.2, 0) is 0 Å². The number of ether oxygens (including phenoxy) is 1. The first-order chi connectivity index (χ1) is 12.7. The predicted octanol–water partition coefficient (Wildman–Crippen LogP) is 2.96. The zero-order valence-electron chi connectivity index (χ0n) is 13.7. The lowest BCUT2D eigenvalue weighted by Gasteiger charge is -2.15. The highest BCUT2D eigenvalue weighted by Crippen LogP contribution is 2.26. The van der Waals surface area contributed by atoms with Crippen LogP contribution in [-0.4, -0.2) is 40.1 Å². The normalized spacial score (nSPS) is 16.4. The molecule has 1 amide bonds. The maximum Gasteiger partial charge on any atom is 0.276 e. The fraction of sp³-hybridized carbons (Fsp3) is 0.222. The molecule has 0 saturated carbocycles. The van der Waals surface area contributed by atoms with Gasteiger partial charge in [-0.1, -0.05) is 11.2 Å². The Hall–Kier alpha value is -3.18. The van der Waals surface area contributed by atoms with Crippen molar-refractivity contribution < 1.29 is 14.1 Å². The molecule has 26 heavy (non-hydrogen) atoms. The van der Waals surface area contributed by atoms with Crippen LogP contribution in [0.1, 0.15) is 22.5 Å². The molecular weight excluding hydrogens is 352 g/mol. The second-order valence-corrected chi connectivity index (χ2v) is 6.78. The van der Waals surface area contributed by atoms with Crippen LogP contribution in [0.25, 0.3) is 10.6 Å². The third kappa shape index (κ3) is 3.30. The van der Waals surface area contributed by atoms with Crippen molar-refractivity contribution in [2.24, 2.45) is 0 Å². The molecule has 0 spiro atoms. The molecule has 8 heteroatoms. The molecule has 0 aliphatic carbocycles. The van der Waals surface area contributed by atoms with Gasteiger partial charge >= 0.3 is 0 Å². The van der Waals surface area contributed by atoms with E-state index in [1.54, 1.807) is 23.1 Å². The van der Waals surface area contributed by atoms with Crippen molar-refractivity contribution in [1.82, 2.24) is 15.0 Å². The Bertz CT molecular complexity index is 961. The summed E-state index contributed by atoms with van der Waals surface area (Å²) in [6, 6.07) is 10.8. The number of rotatable bonds is 4. The summed E-state index contributed by atoms with van der Waals surface area (Å²) in [4.78, 5) is 19.4. The van der Waals surface area contributed by atoms with Crippen LogP contribution in [0.15, 0.2) is 46.4 Å². The van der Waals surface area contributed by atoms with E-state index in [4.69, 9.17) is 14.5 Å². The fourth-order valence-corrected chi connectivity index (χ4v) is 3.47. The van der Waals surface area contributed by atoms with E-state index in [0.717, 1.165) is 4.88 Å². The third-order valence-electron chi connectivity index (χ3n) is 4.08. The van der Waals surface area contributed by atoms with Crippen LogP contribution in [0.5, 0.6) is 5.88 Å². The fourth-order valence-electron chi connectivity index (χ4n) is 2.80. The molecule has 1 aliphatic rings. The first-order valence-corrected chi connectivity index (χ1v) is 8.93. The van der Waals surface area contributed by atoms with Crippen molar-refractivity contribution in [3.63, 3.8) is 0 Å². The minimum Gasteiger partial charge on any atom is -0.472 e. The largest absolute Gasteiger partial charge is 0.472 e. The predicted molar refractivity (Wildman–Crippen MR) is 93.7 cm³/mol. The summed E-state index contributed by atoms with van der Waals surface area (Å²) in [5, 5.41) is 14.8. The van der Waals surface area contributed by atoms with Crippen LogP contribution in [0, 0.1) is 11.3 Å². The molecule has 1 unspecified atom stereocenters. The lowest BCUT2D eigenvalue weighted by atomic mass is 10.3. The molecule has 3 aromatic rings. The lowest BCUT2D eigenvalue weighted by Crippen LogP contribution is -2.31. The van der Waals surface area contributed by atoms with Gasteiger partial charge in [-0.3, -0.25) is 4.79 Å². The number of nitrogens with zero attached hydrogens (tertiary/aromatic N) is 4. The number of hydrogen-bond acceptors (Lipinski definition) is 7. The summed E-state index contributed by atoms with van der Waals surface area (Å²) in [6.07, 6.45) is 2.07. The van der Waals surface area contributed by atoms with Gasteiger partial charge in [0.25, 0.3) is 5.91 Å². The highest BCUT2D eigenvalue weighted by atomic mass is 32.1. The Morgan fingerprint density at radius 2 is 2.35 bits per heavy atom. The highest BCUT2D eigenvalue weighted by molar-refractivity contribution is 7.13. The average molecular weight is 366 g/mol. The monoisotopic (exact) mass is 366 g/mol. The van der Waals surface area contributed by atoms with Gasteiger partial charge in [0.2, 0.25) is 5.88 Å². The molecule has 4 heterocycles. The second-order valence-electron chi connectivity index (χ2n) is 5.83. The molecule has 0 radical (unpaired) electrons. The number of carbonyl (C=O) groups is 1. The number of thiophene rings is 1. The van der Waals surface area contributed by atoms with Crippen molar-refractivity contribution in [2.45, 2.75) is 12.5 Å². The summed E-state index contributed by atoms with van der Waals surface area (Å²) >= 11 is 1.53. The summed E-state index contributed by atoms with van der Waals surface area (Å²) in [6.45, 7) is 1.02. The third-order valence-corrected chi connectivity index (χ3v) is 4.96. The van der Waals surface area contributed by atoms with E-state index < -0.39 is 0 Å². The lowest BCUT2D eigenvalue weighted by molar-refractivity contribution is 0.0761. The van der Waals surface area contributed by atoms with Gasteiger partial charge < -0.3 is 14.2 Å². The minimum absolute atomic E-state index is 0.163. The molecule has 1 aliphatic heterocycles. The zero-order valence-corrected chi connectivity index (χ0v) is 14.5. The zero-order chi connectivity index (χ0) is 17.9. The van der Waals surface area contributed by atoms with E-state index in [1.165, 1.54) is 17.5 Å². The van der Waals surface area contributed by atoms with Crippen molar-refractivity contribution in [3.05, 3.63) is 53.2 Å². The van der Waals surface area contributed by atoms with Crippen LogP contribution in [0.4, 0.5) is 0 Å². The van der Waals surface area contributed by atoms with E-state index >= 15 is 0 Å². The smallest absolute Gasteiger partial charge is 0.276 e. The highest BCUT2D eigenvalue weighted by Gasteiger charge is 2.30. The quantitative estimate of drug-likeness (QED) is 0.705. The standard InChI is InChI=1S/C18H14N4O3S/c19-10-12-3-5-20-17(8-12)24-13-4-6-22(11-13)18(23)14-9-15(25-21-14)16-2-1-7-26-16/h1-3,5,7-9,13H,4,6,11H2. The van der Waals surface area contributed by atoms with Crippen LogP contribution >= 0.6 is 11.3 Å². The molecule has 1 saturated heterocycles. The molecular formula is C18H14N4O3S. The Kier molecular flexibility index (Phi) is 4.37. The van der Waals surface area contributed by atoms with Gasteiger partial charge in [0.1, 0.15) is 6.10 Å². The number of hydrogen-bond donors (Lipinski definition) is 0. The first kappa shape index (κ1) is 16.3. The maximum atomic E-state index is 12.6. The summed E-state index contributed by atoms with van der Waals surface area (Å²) < 4.78 is 11.1. The van der Waals surface area contributed by atoms with Crippen molar-refractivity contribution in [3.8, 4) is 22.6 Å². The van der Waals surface area contributed by atoms with Crippen molar-refractivity contribution in [2.75, 3.05) is 13.1 Å². The number of nitriles is 1. The Balaban J connectivity index is 1.40. The molecule has 1 atom stereocenters. The van der Waals surface area contributed by atoms with Gasteiger partial charge in [-0.2, -0.15) is 5.26 Å². The molecule has 0 bridgehead atoms. The van der Waals surface area contributed by atoms with Gasteiger partial charge in [0, 0.05) is 31.3 Å². The Labute approximate surface area is 153 Å². The van der Waals surface area contributed by atoms with Gasteiger partial charge in [0.15, 0.2) is 11.5 Å². The summed E-state index contributed by atoms with van der Waals surface area (Å²) in [7, 11) is 0. The van der Waals surface area contributed by atoms with Gasteiger partial charge in [-0.15, -0.1) is 11.3 Å². The number of aromatic nitrogens is 2. The van der Waals surface area contributed by atoms with Crippen LogP contribution in [0.3, 0.4) is 0 Å². The molecule has 0 aromatic carbocycles. The van der Waals surface area contributed by atoms with E-state index in [2.05, 4.69) is 16.2 Å². The molecule has 0 N–H and O–H groups in total. The molecule has 3 aromatic heterocycles.